The zero-order valence-electron chi connectivity index (χ0n) is 11.4. The molecule has 1 saturated heterocycles. The van der Waals surface area contributed by atoms with E-state index in [0.717, 1.165) is 0 Å². The first-order chi connectivity index (χ1) is 8.80. The lowest BCUT2D eigenvalue weighted by Crippen LogP contribution is -2.46. The number of carbonyl (C=O) groups is 3. The van der Waals surface area contributed by atoms with Crippen molar-refractivity contribution in [1.29, 1.82) is 0 Å². The van der Waals surface area contributed by atoms with Gasteiger partial charge >= 0.3 is 0 Å². The van der Waals surface area contributed by atoms with Crippen LogP contribution < -0.4 is 4.90 Å². The van der Waals surface area contributed by atoms with Gasteiger partial charge in [0.15, 0.2) is 5.78 Å². The van der Waals surface area contributed by atoms with Gasteiger partial charge in [0.1, 0.15) is 0 Å². The molecule has 0 unspecified atom stereocenters. The van der Waals surface area contributed by atoms with Gasteiger partial charge in [0.05, 0.1) is 5.69 Å². The predicted octanol–water partition coefficient (Wildman–Crippen LogP) is 2.57. The zero-order valence-corrected chi connectivity index (χ0v) is 11.4. The summed E-state index contributed by atoms with van der Waals surface area (Å²) >= 11 is 0. The van der Waals surface area contributed by atoms with Crippen molar-refractivity contribution in [2.24, 2.45) is 5.41 Å². The molecule has 0 spiro atoms. The number of imide groups is 1. The Bertz CT molecular complexity index is 523. The van der Waals surface area contributed by atoms with Crippen LogP contribution in [0.25, 0.3) is 0 Å². The number of piperidine rings is 1. The van der Waals surface area contributed by atoms with Crippen molar-refractivity contribution in [3.8, 4) is 0 Å². The average molecular weight is 259 g/mol. The smallest absolute Gasteiger partial charge is 0.234 e. The van der Waals surface area contributed by atoms with E-state index >= 15 is 0 Å². The highest BCUT2D eigenvalue weighted by atomic mass is 16.2. The van der Waals surface area contributed by atoms with Crippen molar-refractivity contribution in [2.75, 3.05) is 4.90 Å². The average Bonchev–Trinajstić information content (AvgIpc) is 2.26. The number of rotatable bonds is 2. The van der Waals surface area contributed by atoms with Crippen LogP contribution in [0.5, 0.6) is 0 Å². The quantitative estimate of drug-likeness (QED) is 0.606. The van der Waals surface area contributed by atoms with E-state index in [9.17, 15) is 14.4 Å². The van der Waals surface area contributed by atoms with Gasteiger partial charge in [0.2, 0.25) is 11.8 Å². The van der Waals surface area contributed by atoms with Gasteiger partial charge < -0.3 is 0 Å². The molecule has 100 valence electrons. The van der Waals surface area contributed by atoms with E-state index in [0.29, 0.717) is 24.1 Å². The van der Waals surface area contributed by atoms with E-state index in [1.54, 1.807) is 24.3 Å². The summed E-state index contributed by atoms with van der Waals surface area (Å²) in [6.07, 6.45) is 0.709. The third-order valence-electron chi connectivity index (χ3n) is 3.29. The molecular weight excluding hydrogens is 242 g/mol. The summed E-state index contributed by atoms with van der Waals surface area (Å²) < 4.78 is 0. The molecule has 19 heavy (non-hydrogen) atoms. The molecule has 0 atom stereocenters. The number of nitrogens with zero attached hydrogens (tertiary/aromatic N) is 1. The van der Waals surface area contributed by atoms with E-state index in [4.69, 9.17) is 0 Å². The standard InChI is InChI=1S/C15H17NO3/c1-10(17)11-4-6-12(7-5-11)16-13(18)8-15(2,3)9-14(16)19/h4-7H,8-9H2,1-3H3. The minimum atomic E-state index is -0.274. The second-order valence-electron chi connectivity index (χ2n) is 5.74. The maximum atomic E-state index is 12.1. The first-order valence-electron chi connectivity index (χ1n) is 6.27. The number of Topliss-reactive ketones (excluding diaryl/α,β-unsaturated/α-hetero) is 1. The zero-order chi connectivity index (χ0) is 14.2. The fourth-order valence-corrected chi connectivity index (χ4v) is 2.31. The monoisotopic (exact) mass is 259 g/mol. The molecule has 0 radical (unpaired) electrons. The Balaban J connectivity index is 2.29. The minimum Gasteiger partial charge on any atom is -0.295 e. The second-order valence-corrected chi connectivity index (χ2v) is 5.74. The van der Waals surface area contributed by atoms with Crippen LogP contribution in [0.3, 0.4) is 0 Å². The lowest BCUT2D eigenvalue weighted by Gasteiger charge is -2.34. The van der Waals surface area contributed by atoms with Crippen molar-refractivity contribution < 1.29 is 14.4 Å². The first-order valence-corrected chi connectivity index (χ1v) is 6.27. The number of hydrogen-bond donors (Lipinski definition) is 0. The van der Waals surface area contributed by atoms with Gasteiger partial charge in [-0.15, -0.1) is 0 Å². The number of carbonyl (C=O) groups excluding carboxylic acids is 3. The van der Waals surface area contributed by atoms with Crippen LogP contribution in [0.2, 0.25) is 0 Å². The van der Waals surface area contributed by atoms with E-state index in [2.05, 4.69) is 0 Å². The van der Waals surface area contributed by atoms with Gasteiger partial charge in [0, 0.05) is 18.4 Å². The maximum absolute atomic E-state index is 12.1. The lowest BCUT2D eigenvalue weighted by atomic mass is 9.81. The number of anilines is 1. The molecule has 0 saturated carbocycles. The minimum absolute atomic E-state index is 0.0380. The number of benzene rings is 1. The molecule has 1 aromatic rings. The highest BCUT2D eigenvalue weighted by Crippen LogP contribution is 2.33. The van der Waals surface area contributed by atoms with Gasteiger partial charge in [-0.2, -0.15) is 0 Å². The first kappa shape index (κ1) is 13.5. The molecule has 1 aliphatic rings. The van der Waals surface area contributed by atoms with Gasteiger partial charge in [0.25, 0.3) is 0 Å². The van der Waals surface area contributed by atoms with Gasteiger partial charge in [-0.3, -0.25) is 19.3 Å². The van der Waals surface area contributed by atoms with Crippen molar-refractivity contribution >= 4 is 23.3 Å². The fourth-order valence-electron chi connectivity index (χ4n) is 2.31. The predicted molar refractivity (Wildman–Crippen MR) is 72.0 cm³/mol. The van der Waals surface area contributed by atoms with Crippen LogP contribution in [0.15, 0.2) is 24.3 Å². The number of amides is 2. The normalized spacial score (nSPS) is 18.6. The van der Waals surface area contributed by atoms with E-state index < -0.39 is 0 Å². The molecule has 0 N–H and O–H groups in total. The van der Waals surface area contributed by atoms with Crippen LogP contribution >= 0.6 is 0 Å². The second kappa shape index (κ2) is 4.61. The molecule has 0 aliphatic carbocycles. The third-order valence-corrected chi connectivity index (χ3v) is 3.29. The Labute approximate surface area is 112 Å². The molecule has 1 aliphatic heterocycles. The van der Waals surface area contributed by atoms with Crippen molar-refractivity contribution in [1.82, 2.24) is 0 Å². The molecule has 1 heterocycles. The summed E-state index contributed by atoms with van der Waals surface area (Å²) in [6, 6.07) is 6.56. The highest BCUT2D eigenvalue weighted by molar-refractivity contribution is 6.17. The van der Waals surface area contributed by atoms with Crippen LogP contribution in [0, 0.1) is 5.41 Å². The molecule has 2 amide bonds. The summed E-state index contributed by atoms with van der Waals surface area (Å²) in [6.45, 7) is 5.31. The van der Waals surface area contributed by atoms with Gasteiger partial charge in [-0.1, -0.05) is 13.8 Å². The van der Waals surface area contributed by atoms with Gasteiger partial charge in [-0.05, 0) is 36.6 Å². The van der Waals surface area contributed by atoms with Crippen molar-refractivity contribution in [3.05, 3.63) is 29.8 Å². The largest absolute Gasteiger partial charge is 0.295 e. The van der Waals surface area contributed by atoms with Crippen LogP contribution in [-0.4, -0.2) is 17.6 Å². The highest BCUT2D eigenvalue weighted by Gasteiger charge is 2.38. The van der Waals surface area contributed by atoms with E-state index in [1.165, 1.54) is 11.8 Å². The summed E-state index contributed by atoms with van der Waals surface area (Å²) in [5.41, 5.74) is 0.834. The Morgan fingerprint density at radius 1 is 1.05 bits per heavy atom. The Morgan fingerprint density at radius 3 is 1.95 bits per heavy atom. The van der Waals surface area contributed by atoms with Crippen molar-refractivity contribution in [2.45, 2.75) is 33.6 Å². The van der Waals surface area contributed by atoms with Crippen LogP contribution in [0.4, 0.5) is 5.69 Å². The molecule has 4 heteroatoms. The SMILES string of the molecule is CC(=O)c1ccc(N2C(=O)CC(C)(C)CC2=O)cc1. The van der Waals surface area contributed by atoms with Crippen molar-refractivity contribution in [3.63, 3.8) is 0 Å². The number of ketones is 1. The summed E-state index contributed by atoms with van der Waals surface area (Å²) in [5, 5.41) is 0. The Hall–Kier alpha value is -1.97. The topological polar surface area (TPSA) is 54.5 Å². The molecule has 0 aromatic heterocycles. The molecule has 4 nitrogen and oxygen atoms in total. The third kappa shape index (κ3) is 2.72. The summed E-state index contributed by atoms with van der Waals surface area (Å²) in [5.74, 6) is -0.405. The molecule has 1 fully saturated rings. The maximum Gasteiger partial charge on any atom is 0.234 e. The number of hydrogen-bond acceptors (Lipinski definition) is 3. The van der Waals surface area contributed by atoms with E-state index in [-0.39, 0.29) is 23.0 Å². The lowest BCUT2D eigenvalue weighted by molar-refractivity contribution is -0.132. The van der Waals surface area contributed by atoms with Crippen LogP contribution in [0.1, 0.15) is 44.0 Å². The Kier molecular flexibility index (Phi) is 3.27. The van der Waals surface area contributed by atoms with Crippen LogP contribution in [-0.2, 0) is 9.59 Å². The van der Waals surface area contributed by atoms with Gasteiger partial charge in [-0.25, -0.2) is 0 Å². The molecule has 1 aromatic carbocycles. The van der Waals surface area contributed by atoms with E-state index in [1.807, 2.05) is 13.8 Å². The fraction of sp³-hybridized carbons (Fsp3) is 0.400. The summed E-state index contributed by atoms with van der Waals surface area (Å²) in [7, 11) is 0. The Morgan fingerprint density at radius 2 is 1.53 bits per heavy atom. The molecule has 2 rings (SSSR count). The molecular formula is C15H17NO3. The molecule has 0 bridgehead atoms. The summed E-state index contributed by atoms with van der Waals surface area (Å²) in [4.78, 5) is 36.6.